The van der Waals surface area contributed by atoms with Gasteiger partial charge in [0.25, 0.3) is 0 Å². The van der Waals surface area contributed by atoms with Crippen LogP contribution in [0.3, 0.4) is 0 Å². The van der Waals surface area contributed by atoms with E-state index >= 15 is 0 Å². The van der Waals surface area contributed by atoms with Gasteiger partial charge in [-0.25, -0.2) is 9.18 Å². The first kappa shape index (κ1) is 14.8. The molecule has 1 heterocycles. The van der Waals surface area contributed by atoms with Crippen LogP contribution in [0.15, 0.2) is 22.7 Å². The average molecular weight is 344 g/mol. The molecule has 0 saturated carbocycles. The van der Waals surface area contributed by atoms with E-state index in [0.717, 1.165) is 0 Å². The predicted molar refractivity (Wildman–Crippen MR) is 75.2 cm³/mol. The Morgan fingerprint density at radius 3 is 2.80 bits per heavy atom. The summed E-state index contributed by atoms with van der Waals surface area (Å²) in [7, 11) is 0. The number of carbonyl (C=O) groups is 2. The van der Waals surface area contributed by atoms with Crippen molar-refractivity contribution in [1.29, 1.82) is 0 Å². The molecule has 0 unspecified atom stereocenters. The number of urea groups is 1. The Hall–Kier alpha value is -1.63. The topological polar surface area (TPSA) is 75.4 Å². The molecule has 1 aliphatic heterocycles. The number of nitrogens with one attached hydrogen (secondary N) is 1. The molecule has 1 fully saturated rings. The molecule has 0 spiro atoms. The van der Waals surface area contributed by atoms with Gasteiger partial charge in [0.2, 0.25) is 5.91 Å². The summed E-state index contributed by atoms with van der Waals surface area (Å²) in [5.41, 5.74) is 5.88. The zero-order valence-electron chi connectivity index (χ0n) is 10.7. The maximum Gasteiger partial charge on any atom is 0.317 e. The predicted octanol–water partition coefficient (Wildman–Crippen LogP) is 1.60. The maximum atomic E-state index is 13.2. The molecular formula is C13H15BrFN3O2. The van der Waals surface area contributed by atoms with E-state index in [1.807, 2.05) is 0 Å². The Labute approximate surface area is 124 Å². The summed E-state index contributed by atoms with van der Waals surface area (Å²) in [5, 5.41) is 2.70. The molecule has 7 heteroatoms. The summed E-state index contributed by atoms with van der Waals surface area (Å²) in [6.45, 7) is 1.08. The summed E-state index contributed by atoms with van der Waals surface area (Å²) in [5.74, 6) is -1.02. The second kappa shape index (κ2) is 6.21. The van der Waals surface area contributed by atoms with Gasteiger partial charge in [-0.05, 0) is 30.2 Å². The molecule has 5 nitrogen and oxygen atoms in total. The fourth-order valence-corrected chi connectivity index (χ4v) is 2.69. The van der Waals surface area contributed by atoms with Gasteiger partial charge in [-0.3, -0.25) is 4.79 Å². The van der Waals surface area contributed by atoms with Crippen molar-refractivity contribution in [2.75, 3.05) is 13.1 Å². The minimum atomic E-state index is -0.380. The van der Waals surface area contributed by atoms with Crippen molar-refractivity contribution in [2.24, 2.45) is 11.7 Å². The Balaban J connectivity index is 1.88. The van der Waals surface area contributed by atoms with Gasteiger partial charge in [0.15, 0.2) is 0 Å². The maximum absolute atomic E-state index is 13.2. The molecule has 108 valence electrons. The van der Waals surface area contributed by atoms with E-state index in [2.05, 4.69) is 21.2 Å². The number of hydrogen-bond acceptors (Lipinski definition) is 2. The first-order chi connectivity index (χ1) is 9.45. The van der Waals surface area contributed by atoms with Gasteiger partial charge in [-0.1, -0.05) is 15.9 Å². The summed E-state index contributed by atoms with van der Waals surface area (Å²) in [6, 6.07) is 4.18. The highest BCUT2D eigenvalue weighted by atomic mass is 79.9. The van der Waals surface area contributed by atoms with Gasteiger partial charge in [0.05, 0.1) is 5.92 Å². The number of amides is 3. The number of likely N-dealkylation sites (tertiary alicyclic amines) is 1. The summed E-state index contributed by atoms with van der Waals surface area (Å²) < 4.78 is 13.8. The SMILES string of the molecule is NC(=O)[C@@H]1CCN(C(=O)NCc2cc(F)cc(Br)c2)C1. The van der Waals surface area contributed by atoms with Gasteiger partial charge < -0.3 is 16.0 Å². The molecule has 0 aromatic heterocycles. The number of rotatable bonds is 3. The van der Waals surface area contributed by atoms with Gasteiger partial charge in [-0.15, -0.1) is 0 Å². The van der Waals surface area contributed by atoms with Crippen LogP contribution in [-0.2, 0) is 11.3 Å². The number of carbonyl (C=O) groups excluding carboxylic acids is 2. The Kier molecular flexibility index (Phi) is 4.59. The van der Waals surface area contributed by atoms with Crippen molar-refractivity contribution in [3.8, 4) is 0 Å². The van der Waals surface area contributed by atoms with Crippen LogP contribution in [0.25, 0.3) is 0 Å². The highest BCUT2D eigenvalue weighted by Gasteiger charge is 2.29. The van der Waals surface area contributed by atoms with Crippen molar-refractivity contribution in [3.63, 3.8) is 0 Å². The van der Waals surface area contributed by atoms with E-state index in [1.54, 1.807) is 11.0 Å². The molecule has 1 atom stereocenters. The van der Waals surface area contributed by atoms with Crippen molar-refractivity contribution >= 4 is 27.9 Å². The lowest BCUT2D eigenvalue weighted by atomic mass is 10.1. The van der Waals surface area contributed by atoms with Gasteiger partial charge in [0, 0.05) is 24.1 Å². The quantitative estimate of drug-likeness (QED) is 0.874. The monoisotopic (exact) mass is 343 g/mol. The zero-order valence-corrected chi connectivity index (χ0v) is 12.3. The Bertz CT molecular complexity index is 518. The highest BCUT2D eigenvalue weighted by Crippen LogP contribution is 2.17. The van der Waals surface area contributed by atoms with Crippen molar-refractivity contribution in [1.82, 2.24) is 10.2 Å². The molecule has 0 aliphatic carbocycles. The summed E-state index contributed by atoms with van der Waals surface area (Å²) in [6.07, 6.45) is 0.592. The van der Waals surface area contributed by atoms with Crippen molar-refractivity contribution in [2.45, 2.75) is 13.0 Å². The number of halogens is 2. The number of nitrogens with two attached hydrogens (primary N) is 1. The van der Waals surface area contributed by atoms with Crippen LogP contribution in [0.4, 0.5) is 9.18 Å². The van der Waals surface area contributed by atoms with E-state index in [4.69, 9.17) is 5.73 Å². The molecule has 1 aromatic carbocycles. The third-order valence-electron chi connectivity index (χ3n) is 3.24. The minimum Gasteiger partial charge on any atom is -0.369 e. The van der Waals surface area contributed by atoms with Gasteiger partial charge in [0.1, 0.15) is 5.82 Å². The second-order valence-electron chi connectivity index (χ2n) is 4.77. The molecule has 1 saturated heterocycles. The van der Waals surface area contributed by atoms with Crippen molar-refractivity contribution in [3.05, 3.63) is 34.1 Å². The van der Waals surface area contributed by atoms with Crippen LogP contribution in [0.1, 0.15) is 12.0 Å². The van der Waals surface area contributed by atoms with E-state index in [1.165, 1.54) is 12.1 Å². The first-order valence-corrected chi connectivity index (χ1v) is 7.02. The van der Waals surface area contributed by atoms with E-state index in [-0.39, 0.29) is 30.2 Å². The summed E-state index contributed by atoms with van der Waals surface area (Å²) in [4.78, 5) is 24.5. The third-order valence-corrected chi connectivity index (χ3v) is 3.70. The lowest BCUT2D eigenvalue weighted by molar-refractivity contribution is -0.121. The standard InChI is InChI=1S/C13H15BrFN3O2/c14-10-3-8(4-11(15)5-10)6-17-13(20)18-2-1-9(7-18)12(16)19/h3-5,9H,1-2,6-7H2,(H2,16,19)(H,17,20)/t9-/m1/s1. The summed E-state index contributed by atoms with van der Waals surface area (Å²) >= 11 is 3.20. The average Bonchev–Trinajstić information content (AvgIpc) is 2.84. The van der Waals surface area contributed by atoms with Gasteiger partial charge in [-0.2, -0.15) is 0 Å². The lowest BCUT2D eigenvalue weighted by Crippen LogP contribution is -2.39. The fourth-order valence-electron chi connectivity index (χ4n) is 2.18. The van der Waals surface area contributed by atoms with Crippen LogP contribution in [0, 0.1) is 11.7 Å². The highest BCUT2D eigenvalue weighted by molar-refractivity contribution is 9.10. The second-order valence-corrected chi connectivity index (χ2v) is 5.69. The smallest absolute Gasteiger partial charge is 0.317 e. The van der Waals surface area contributed by atoms with Crippen LogP contribution in [0.5, 0.6) is 0 Å². The molecule has 0 bridgehead atoms. The molecule has 1 aromatic rings. The number of nitrogens with zero attached hydrogens (tertiary/aromatic N) is 1. The normalized spacial score (nSPS) is 18.1. The number of benzene rings is 1. The number of hydrogen-bond donors (Lipinski definition) is 2. The molecule has 0 radical (unpaired) electrons. The molecule has 3 amide bonds. The van der Waals surface area contributed by atoms with Crippen LogP contribution in [-0.4, -0.2) is 29.9 Å². The zero-order chi connectivity index (χ0) is 14.7. The largest absolute Gasteiger partial charge is 0.369 e. The van der Waals surface area contributed by atoms with Crippen LogP contribution >= 0.6 is 15.9 Å². The van der Waals surface area contributed by atoms with E-state index in [9.17, 15) is 14.0 Å². The molecule has 1 aliphatic rings. The third kappa shape index (κ3) is 3.69. The molecule has 2 rings (SSSR count). The van der Waals surface area contributed by atoms with E-state index in [0.29, 0.717) is 29.5 Å². The molecule has 20 heavy (non-hydrogen) atoms. The Morgan fingerprint density at radius 2 is 2.20 bits per heavy atom. The molecular weight excluding hydrogens is 329 g/mol. The van der Waals surface area contributed by atoms with Crippen LogP contribution in [0.2, 0.25) is 0 Å². The fraction of sp³-hybridized carbons (Fsp3) is 0.385. The lowest BCUT2D eigenvalue weighted by Gasteiger charge is -2.17. The van der Waals surface area contributed by atoms with Crippen LogP contribution < -0.4 is 11.1 Å². The van der Waals surface area contributed by atoms with E-state index < -0.39 is 0 Å². The number of primary amides is 1. The van der Waals surface area contributed by atoms with Gasteiger partial charge >= 0.3 is 6.03 Å². The first-order valence-electron chi connectivity index (χ1n) is 6.23. The Morgan fingerprint density at radius 1 is 1.45 bits per heavy atom. The minimum absolute atomic E-state index is 0.229. The molecule has 3 N–H and O–H groups in total. The van der Waals surface area contributed by atoms with Crippen molar-refractivity contribution < 1.29 is 14.0 Å².